The molecule has 0 saturated carbocycles. The van der Waals surface area contributed by atoms with Gasteiger partial charge in [0.2, 0.25) is 16.9 Å². The molecule has 2 heterocycles. The van der Waals surface area contributed by atoms with Crippen LogP contribution < -0.4 is 10.2 Å². The standard InChI is InChI=1S/C14H13FN4O2S/c1-8-17-18-14(22-8)16-13(21)9-6-12(20)19(7-9)11-4-2-10(15)3-5-11/h2-5,9H,6-7H2,1H3,(H,16,18,21)/t9-/m1/s1. The van der Waals surface area contributed by atoms with Gasteiger partial charge in [-0.15, -0.1) is 10.2 Å². The van der Waals surface area contributed by atoms with Crippen LogP contribution in [0.2, 0.25) is 0 Å². The number of aryl methyl sites for hydroxylation is 1. The number of carbonyl (C=O) groups is 2. The third kappa shape index (κ3) is 2.96. The Hall–Kier alpha value is -2.35. The molecule has 8 heteroatoms. The Balaban J connectivity index is 1.68. The minimum Gasteiger partial charge on any atom is -0.312 e. The molecule has 114 valence electrons. The molecule has 0 radical (unpaired) electrons. The molecule has 6 nitrogen and oxygen atoms in total. The summed E-state index contributed by atoms with van der Waals surface area (Å²) >= 11 is 1.28. The van der Waals surface area contributed by atoms with Crippen LogP contribution >= 0.6 is 11.3 Å². The molecule has 2 aromatic rings. The van der Waals surface area contributed by atoms with E-state index in [0.717, 1.165) is 5.01 Å². The van der Waals surface area contributed by atoms with E-state index in [1.807, 2.05) is 0 Å². The normalized spacial score (nSPS) is 17.8. The number of nitrogens with zero attached hydrogens (tertiary/aromatic N) is 3. The molecule has 1 atom stereocenters. The molecule has 2 amide bonds. The van der Waals surface area contributed by atoms with E-state index in [0.29, 0.717) is 10.8 Å². The van der Waals surface area contributed by atoms with E-state index in [1.54, 1.807) is 6.92 Å². The van der Waals surface area contributed by atoms with Crippen molar-refractivity contribution in [2.24, 2.45) is 5.92 Å². The number of amides is 2. The predicted molar refractivity (Wildman–Crippen MR) is 80.1 cm³/mol. The summed E-state index contributed by atoms with van der Waals surface area (Å²) in [5.41, 5.74) is 0.591. The summed E-state index contributed by atoms with van der Waals surface area (Å²) in [6.45, 7) is 2.07. The van der Waals surface area contributed by atoms with Gasteiger partial charge in [-0.25, -0.2) is 4.39 Å². The first-order valence-electron chi connectivity index (χ1n) is 6.70. The van der Waals surface area contributed by atoms with Crippen molar-refractivity contribution in [3.63, 3.8) is 0 Å². The van der Waals surface area contributed by atoms with Crippen molar-refractivity contribution >= 4 is 34.0 Å². The van der Waals surface area contributed by atoms with Gasteiger partial charge < -0.3 is 10.2 Å². The van der Waals surface area contributed by atoms with Crippen molar-refractivity contribution < 1.29 is 14.0 Å². The SMILES string of the molecule is Cc1nnc(NC(=O)[C@@H]2CC(=O)N(c3ccc(F)cc3)C2)s1. The summed E-state index contributed by atoms with van der Waals surface area (Å²) in [4.78, 5) is 25.7. The average molecular weight is 320 g/mol. The Bertz CT molecular complexity index is 716. The lowest BCUT2D eigenvalue weighted by molar-refractivity contribution is -0.122. The molecule has 1 fully saturated rings. The van der Waals surface area contributed by atoms with Crippen molar-refractivity contribution in [2.75, 3.05) is 16.8 Å². The van der Waals surface area contributed by atoms with Crippen molar-refractivity contribution in [1.29, 1.82) is 0 Å². The molecule has 3 rings (SSSR count). The maximum Gasteiger partial charge on any atom is 0.231 e. The van der Waals surface area contributed by atoms with Gasteiger partial charge in [0.25, 0.3) is 0 Å². The molecule has 1 N–H and O–H groups in total. The van der Waals surface area contributed by atoms with Gasteiger partial charge in [0.05, 0.1) is 5.92 Å². The van der Waals surface area contributed by atoms with Gasteiger partial charge in [-0.05, 0) is 31.2 Å². The van der Waals surface area contributed by atoms with Crippen molar-refractivity contribution in [1.82, 2.24) is 10.2 Å². The van der Waals surface area contributed by atoms with Crippen molar-refractivity contribution in [3.05, 3.63) is 35.1 Å². The molecular formula is C14H13FN4O2S. The van der Waals surface area contributed by atoms with Gasteiger partial charge in [0, 0.05) is 18.7 Å². The molecule has 1 aromatic carbocycles. The van der Waals surface area contributed by atoms with Crippen LogP contribution in [0.4, 0.5) is 15.2 Å². The van der Waals surface area contributed by atoms with Gasteiger partial charge in [-0.2, -0.15) is 0 Å². The molecule has 1 aliphatic rings. The number of rotatable bonds is 3. The second kappa shape index (κ2) is 5.80. The van der Waals surface area contributed by atoms with E-state index in [1.165, 1.54) is 40.5 Å². The zero-order chi connectivity index (χ0) is 15.7. The smallest absolute Gasteiger partial charge is 0.231 e. The number of aromatic nitrogens is 2. The van der Waals surface area contributed by atoms with Gasteiger partial charge in [-0.1, -0.05) is 11.3 Å². The Morgan fingerprint density at radius 2 is 2.09 bits per heavy atom. The highest BCUT2D eigenvalue weighted by Crippen LogP contribution is 2.26. The molecule has 0 unspecified atom stereocenters. The number of hydrogen-bond acceptors (Lipinski definition) is 5. The Labute approximate surface area is 130 Å². The fourth-order valence-electron chi connectivity index (χ4n) is 2.31. The topological polar surface area (TPSA) is 75.2 Å². The zero-order valence-corrected chi connectivity index (χ0v) is 12.6. The maximum atomic E-state index is 12.9. The monoisotopic (exact) mass is 320 g/mol. The fourth-order valence-corrected chi connectivity index (χ4v) is 2.90. The van der Waals surface area contributed by atoms with E-state index >= 15 is 0 Å². The number of halogens is 1. The Morgan fingerprint density at radius 3 is 2.73 bits per heavy atom. The molecule has 1 aliphatic heterocycles. The van der Waals surface area contributed by atoms with Crippen LogP contribution in [0.3, 0.4) is 0 Å². The van der Waals surface area contributed by atoms with Crippen LogP contribution in [0.25, 0.3) is 0 Å². The highest BCUT2D eigenvalue weighted by molar-refractivity contribution is 7.15. The number of anilines is 2. The number of benzene rings is 1. The van der Waals surface area contributed by atoms with E-state index in [4.69, 9.17) is 0 Å². The summed E-state index contributed by atoms with van der Waals surface area (Å²) in [7, 11) is 0. The maximum absolute atomic E-state index is 12.9. The highest BCUT2D eigenvalue weighted by Gasteiger charge is 2.35. The second-order valence-corrected chi connectivity index (χ2v) is 6.18. The molecular weight excluding hydrogens is 307 g/mol. The van der Waals surface area contributed by atoms with Crippen LogP contribution in [0, 0.1) is 18.7 Å². The van der Waals surface area contributed by atoms with Crippen molar-refractivity contribution in [3.8, 4) is 0 Å². The molecule has 0 aliphatic carbocycles. The van der Waals surface area contributed by atoms with Crippen LogP contribution in [-0.2, 0) is 9.59 Å². The van der Waals surface area contributed by atoms with E-state index in [2.05, 4.69) is 15.5 Å². The molecule has 0 bridgehead atoms. The molecule has 1 saturated heterocycles. The molecule has 1 aromatic heterocycles. The van der Waals surface area contributed by atoms with Gasteiger partial charge >= 0.3 is 0 Å². The average Bonchev–Trinajstić information content (AvgIpc) is 3.06. The van der Waals surface area contributed by atoms with Crippen LogP contribution in [-0.4, -0.2) is 28.6 Å². The Kier molecular flexibility index (Phi) is 3.84. The van der Waals surface area contributed by atoms with Gasteiger partial charge in [-0.3, -0.25) is 9.59 Å². The second-order valence-electron chi connectivity index (χ2n) is 5.00. The lowest BCUT2D eigenvalue weighted by Crippen LogP contribution is -2.28. The third-order valence-corrected chi connectivity index (χ3v) is 4.14. The number of hydrogen-bond donors (Lipinski definition) is 1. The highest BCUT2D eigenvalue weighted by atomic mass is 32.1. The summed E-state index contributed by atoms with van der Waals surface area (Å²) in [5, 5.41) is 11.5. The first-order chi connectivity index (χ1) is 10.5. The van der Waals surface area contributed by atoms with E-state index in [-0.39, 0.29) is 30.6 Å². The molecule has 22 heavy (non-hydrogen) atoms. The lowest BCUT2D eigenvalue weighted by Gasteiger charge is -2.16. The van der Waals surface area contributed by atoms with Crippen LogP contribution in [0.1, 0.15) is 11.4 Å². The molecule has 0 spiro atoms. The van der Waals surface area contributed by atoms with Gasteiger partial charge in [0.15, 0.2) is 0 Å². The van der Waals surface area contributed by atoms with Crippen LogP contribution in [0.15, 0.2) is 24.3 Å². The number of nitrogens with one attached hydrogen (secondary N) is 1. The van der Waals surface area contributed by atoms with E-state index in [9.17, 15) is 14.0 Å². The minimum atomic E-state index is -0.457. The minimum absolute atomic E-state index is 0.126. The van der Waals surface area contributed by atoms with Crippen molar-refractivity contribution in [2.45, 2.75) is 13.3 Å². The Morgan fingerprint density at radius 1 is 1.36 bits per heavy atom. The predicted octanol–water partition coefficient (Wildman–Crippen LogP) is 1.98. The van der Waals surface area contributed by atoms with Crippen LogP contribution in [0.5, 0.6) is 0 Å². The first kappa shape index (κ1) is 14.6. The lowest BCUT2D eigenvalue weighted by atomic mass is 10.1. The zero-order valence-electron chi connectivity index (χ0n) is 11.7. The summed E-state index contributed by atoms with van der Waals surface area (Å²) < 4.78 is 12.9. The summed E-state index contributed by atoms with van der Waals surface area (Å²) in [6.07, 6.45) is 0.126. The quantitative estimate of drug-likeness (QED) is 0.938. The largest absolute Gasteiger partial charge is 0.312 e. The first-order valence-corrected chi connectivity index (χ1v) is 7.51. The fraction of sp³-hybridized carbons (Fsp3) is 0.286. The summed E-state index contributed by atoms with van der Waals surface area (Å²) in [6, 6.07) is 5.64. The van der Waals surface area contributed by atoms with Gasteiger partial charge in [0.1, 0.15) is 10.8 Å². The number of carbonyl (C=O) groups excluding carboxylic acids is 2. The third-order valence-electron chi connectivity index (χ3n) is 3.39. The van der Waals surface area contributed by atoms with E-state index < -0.39 is 5.92 Å². The summed E-state index contributed by atoms with van der Waals surface area (Å²) in [5.74, 6) is -1.23.